The second-order valence-electron chi connectivity index (χ2n) is 6.24. The molecule has 0 bridgehead atoms. The van der Waals surface area contributed by atoms with Gasteiger partial charge in [0.2, 0.25) is 10.0 Å². The Kier molecular flexibility index (Phi) is 4.33. The molecule has 1 aliphatic heterocycles. The lowest BCUT2D eigenvalue weighted by Crippen LogP contribution is -2.37. The first-order chi connectivity index (χ1) is 12.6. The third-order valence-corrected chi connectivity index (χ3v) is 6.47. The summed E-state index contributed by atoms with van der Waals surface area (Å²) in [7, 11) is -3.70. The Bertz CT molecular complexity index is 1000. The molecular weight excluding hydrogens is 357 g/mol. The zero-order chi connectivity index (χ0) is 18.1. The van der Waals surface area contributed by atoms with Gasteiger partial charge in [-0.05, 0) is 25.0 Å². The maximum atomic E-state index is 13.9. The number of benzene rings is 1. The molecule has 26 heavy (non-hydrogen) atoms. The fourth-order valence-electron chi connectivity index (χ4n) is 3.29. The van der Waals surface area contributed by atoms with Gasteiger partial charge < -0.3 is 4.57 Å². The lowest BCUT2D eigenvalue weighted by Gasteiger charge is -2.23. The molecule has 2 aromatic heterocycles. The minimum Gasteiger partial charge on any atom is -0.336 e. The van der Waals surface area contributed by atoms with Gasteiger partial charge in [0, 0.05) is 31.5 Å². The monoisotopic (exact) mass is 375 g/mol. The number of imidazole rings is 1. The second kappa shape index (κ2) is 6.65. The van der Waals surface area contributed by atoms with E-state index in [1.165, 1.54) is 27.4 Å². The third kappa shape index (κ3) is 3.04. The summed E-state index contributed by atoms with van der Waals surface area (Å²) >= 11 is 0. The van der Waals surface area contributed by atoms with Crippen LogP contribution >= 0.6 is 0 Å². The van der Waals surface area contributed by atoms with Gasteiger partial charge in [0.15, 0.2) is 0 Å². The number of hydrogen-bond acceptors (Lipinski definition) is 4. The van der Waals surface area contributed by atoms with Crippen molar-refractivity contribution in [1.29, 1.82) is 0 Å². The predicted octanol–water partition coefficient (Wildman–Crippen LogP) is 2.06. The van der Waals surface area contributed by atoms with E-state index in [9.17, 15) is 12.8 Å². The molecule has 4 rings (SSSR count). The van der Waals surface area contributed by atoms with Crippen LogP contribution in [0.5, 0.6) is 0 Å². The molecule has 1 aliphatic rings. The summed E-state index contributed by atoms with van der Waals surface area (Å²) in [5.41, 5.74) is 0.213. The number of aromatic nitrogens is 4. The van der Waals surface area contributed by atoms with Crippen molar-refractivity contribution < 1.29 is 12.8 Å². The van der Waals surface area contributed by atoms with Crippen molar-refractivity contribution in [3.63, 3.8) is 0 Å². The number of rotatable bonds is 5. The Hall–Kier alpha value is -2.52. The molecule has 1 atom stereocenters. The highest BCUT2D eigenvalue weighted by Crippen LogP contribution is 2.27. The van der Waals surface area contributed by atoms with Gasteiger partial charge in [-0.3, -0.25) is 0 Å². The average molecular weight is 375 g/mol. The van der Waals surface area contributed by atoms with E-state index < -0.39 is 15.8 Å². The summed E-state index contributed by atoms with van der Waals surface area (Å²) in [5.74, 6) is -0.460. The standard InChI is InChI=1S/C17H18FN5O2S/c18-16-5-1-2-6-17(16)22-12-15(10-20-22)26(24,25)23-8-3-4-14(23)11-21-9-7-19-13-21/h1-2,5-7,9-10,12-14H,3-4,8,11H2/t14-/m0/s1. The topological polar surface area (TPSA) is 73.0 Å². The zero-order valence-electron chi connectivity index (χ0n) is 13.9. The third-order valence-electron chi connectivity index (χ3n) is 4.57. The van der Waals surface area contributed by atoms with Crippen molar-refractivity contribution in [2.75, 3.05) is 6.54 Å². The van der Waals surface area contributed by atoms with Crippen molar-refractivity contribution in [2.45, 2.75) is 30.3 Å². The Labute approximate surface area is 150 Å². The average Bonchev–Trinajstić information content (AvgIpc) is 3.37. The minimum atomic E-state index is -3.70. The summed E-state index contributed by atoms with van der Waals surface area (Å²) < 4.78 is 44.7. The number of halogens is 1. The molecular formula is C17H18FN5O2S. The maximum absolute atomic E-state index is 13.9. The molecule has 0 unspecified atom stereocenters. The molecule has 9 heteroatoms. The van der Waals surface area contributed by atoms with Gasteiger partial charge in [0.25, 0.3) is 0 Å². The fraction of sp³-hybridized carbons (Fsp3) is 0.294. The molecule has 0 aliphatic carbocycles. The summed E-state index contributed by atoms with van der Waals surface area (Å²) in [4.78, 5) is 4.07. The molecule has 0 radical (unpaired) electrons. The Morgan fingerprint density at radius 3 is 2.88 bits per heavy atom. The van der Waals surface area contributed by atoms with Crippen LogP contribution in [0.2, 0.25) is 0 Å². The van der Waals surface area contributed by atoms with Crippen LogP contribution in [0.25, 0.3) is 5.69 Å². The molecule has 1 aromatic carbocycles. The highest BCUT2D eigenvalue weighted by molar-refractivity contribution is 7.89. The normalized spacial score (nSPS) is 18.4. The number of para-hydroxylation sites is 1. The van der Waals surface area contributed by atoms with Crippen LogP contribution < -0.4 is 0 Å². The summed E-state index contributed by atoms with van der Waals surface area (Å²) in [5, 5.41) is 4.04. The van der Waals surface area contributed by atoms with Crippen molar-refractivity contribution in [3.05, 3.63) is 61.2 Å². The quantitative estimate of drug-likeness (QED) is 0.684. The maximum Gasteiger partial charge on any atom is 0.246 e. The predicted molar refractivity (Wildman–Crippen MR) is 92.7 cm³/mol. The van der Waals surface area contributed by atoms with Gasteiger partial charge in [0.05, 0.1) is 18.7 Å². The van der Waals surface area contributed by atoms with Crippen LogP contribution in [0.15, 0.2) is 60.3 Å². The molecule has 7 nitrogen and oxygen atoms in total. The van der Waals surface area contributed by atoms with Crippen molar-refractivity contribution in [3.8, 4) is 5.69 Å². The summed E-state index contributed by atoms with van der Waals surface area (Å²) in [6, 6.07) is 5.98. The van der Waals surface area contributed by atoms with Crippen LogP contribution in [0, 0.1) is 5.82 Å². The molecule has 1 saturated heterocycles. The lowest BCUT2D eigenvalue weighted by atomic mass is 10.2. The van der Waals surface area contributed by atoms with E-state index in [2.05, 4.69) is 10.1 Å². The van der Waals surface area contributed by atoms with E-state index in [-0.39, 0.29) is 16.6 Å². The first-order valence-electron chi connectivity index (χ1n) is 8.33. The van der Waals surface area contributed by atoms with Crippen LogP contribution in [0.1, 0.15) is 12.8 Å². The molecule has 3 aromatic rings. The molecule has 0 spiro atoms. The SMILES string of the molecule is O=S(=O)(c1cnn(-c2ccccc2F)c1)N1CCC[C@H]1Cn1ccnc1. The number of nitrogens with zero attached hydrogens (tertiary/aromatic N) is 5. The van der Waals surface area contributed by atoms with Gasteiger partial charge in [-0.15, -0.1) is 0 Å². The first kappa shape index (κ1) is 16.9. The van der Waals surface area contributed by atoms with E-state index in [0.29, 0.717) is 13.1 Å². The van der Waals surface area contributed by atoms with Gasteiger partial charge in [-0.1, -0.05) is 12.1 Å². The molecule has 1 fully saturated rings. The number of sulfonamides is 1. The van der Waals surface area contributed by atoms with Crippen molar-refractivity contribution >= 4 is 10.0 Å². The molecule has 0 N–H and O–H groups in total. The first-order valence-corrected chi connectivity index (χ1v) is 9.77. The Balaban J connectivity index is 1.61. The summed E-state index contributed by atoms with van der Waals surface area (Å²) in [6.45, 7) is 1.02. The molecule has 0 saturated carbocycles. The molecule has 0 amide bonds. The Morgan fingerprint density at radius 2 is 2.12 bits per heavy atom. The Morgan fingerprint density at radius 1 is 1.27 bits per heavy atom. The summed E-state index contributed by atoms with van der Waals surface area (Å²) in [6.07, 6.45) is 9.40. The highest BCUT2D eigenvalue weighted by atomic mass is 32.2. The molecule has 136 valence electrons. The van der Waals surface area contributed by atoms with Gasteiger partial charge >= 0.3 is 0 Å². The van der Waals surface area contributed by atoms with Gasteiger partial charge in [0.1, 0.15) is 16.4 Å². The van der Waals surface area contributed by atoms with Crippen LogP contribution in [0.3, 0.4) is 0 Å². The van der Waals surface area contributed by atoms with E-state index in [0.717, 1.165) is 12.8 Å². The van der Waals surface area contributed by atoms with E-state index >= 15 is 0 Å². The highest BCUT2D eigenvalue weighted by Gasteiger charge is 2.36. The smallest absolute Gasteiger partial charge is 0.246 e. The van der Waals surface area contributed by atoms with E-state index in [4.69, 9.17) is 0 Å². The minimum absolute atomic E-state index is 0.0679. The molecule has 3 heterocycles. The second-order valence-corrected chi connectivity index (χ2v) is 8.13. The largest absolute Gasteiger partial charge is 0.336 e. The van der Waals surface area contributed by atoms with Gasteiger partial charge in [-0.25, -0.2) is 22.5 Å². The number of hydrogen-bond donors (Lipinski definition) is 0. The van der Waals surface area contributed by atoms with E-state index in [1.807, 2.05) is 10.8 Å². The zero-order valence-corrected chi connectivity index (χ0v) is 14.8. The fourth-order valence-corrected chi connectivity index (χ4v) is 4.91. The van der Waals surface area contributed by atoms with Crippen molar-refractivity contribution in [1.82, 2.24) is 23.6 Å². The lowest BCUT2D eigenvalue weighted by molar-refractivity contribution is 0.352. The van der Waals surface area contributed by atoms with Gasteiger partial charge in [-0.2, -0.15) is 9.40 Å². The van der Waals surface area contributed by atoms with E-state index in [1.54, 1.807) is 30.7 Å². The van der Waals surface area contributed by atoms with Crippen LogP contribution in [-0.2, 0) is 16.6 Å². The van der Waals surface area contributed by atoms with Crippen molar-refractivity contribution in [2.24, 2.45) is 0 Å². The van der Waals surface area contributed by atoms with Crippen LogP contribution in [-0.4, -0.2) is 44.6 Å². The van der Waals surface area contributed by atoms with Crippen LogP contribution in [0.4, 0.5) is 4.39 Å².